The number of hydrogen-bond donors (Lipinski definition) is 1. The van der Waals surface area contributed by atoms with Gasteiger partial charge in [0.25, 0.3) is 0 Å². The lowest BCUT2D eigenvalue weighted by molar-refractivity contribution is -0.143. The molecule has 1 aromatic carbocycles. The first kappa shape index (κ1) is 9.25. The summed E-state index contributed by atoms with van der Waals surface area (Å²) in [5.74, 6) is -0.262. The van der Waals surface area contributed by atoms with Gasteiger partial charge in [0.05, 0.1) is 5.41 Å². The average molecular weight is 190 g/mol. The van der Waals surface area contributed by atoms with E-state index in [0.717, 1.165) is 5.56 Å². The van der Waals surface area contributed by atoms with E-state index in [0.29, 0.717) is 0 Å². The second-order valence-electron chi connectivity index (χ2n) is 4.26. The van der Waals surface area contributed by atoms with E-state index in [9.17, 15) is 4.79 Å². The molecule has 0 radical (unpaired) electrons. The molecule has 3 unspecified atom stereocenters. The molecule has 74 valence electrons. The maximum absolute atomic E-state index is 11.1. The van der Waals surface area contributed by atoms with Gasteiger partial charge in [0.2, 0.25) is 0 Å². The van der Waals surface area contributed by atoms with Crippen LogP contribution in [0.25, 0.3) is 0 Å². The lowest BCUT2D eigenvalue weighted by Gasteiger charge is -2.04. The minimum atomic E-state index is -0.682. The van der Waals surface area contributed by atoms with Gasteiger partial charge >= 0.3 is 5.97 Å². The smallest absolute Gasteiger partial charge is 0.310 e. The van der Waals surface area contributed by atoms with Gasteiger partial charge in [0, 0.05) is 5.92 Å². The summed E-state index contributed by atoms with van der Waals surface area (Å²) in [5.41, 5.74) is 0.589. The normalized spacial score (nSPS) is 35.3. The monoisotopic (exact) mass is 190 g/mol. The fourth-order valence-corrected chi connectivity index (χ4v) is 2.35. The van der Waals surface area contributed by atoms with Crippen LogP contribution in [0.4, 0.5) is 0 Å². The largest absolute Gasteiger partial charge is 0.481 e. The molecule has 0 spiro atoms. The van der Waals surface area contributed by atoms with Gasteiger partial charge in [-0.3, -0.25) is 4.79 Å². The van der Waals surface area contributed by atoms with Gasteiger partial charge in [-0.25, -0.2) is 0 Å². The van der Waals surface area contributed by atoms with Crippen molar-refractivity contribution in [3.8, 4) is 0 Å². The lowest BCUT2D eigenvalue weighted by Crippen LogP contribution is -2.13. The number of rotatable bonds is 2. The van der Waals surface area contributed by atoms with Gasteiger partial charge in [0.15, 0.2) is 0 Å². The van der Waals surface area contributed by atoms with Crippen molar-refractivity contribution in [2.24, 2.45) is 11.3 Å². The summed E-state index contributed by atoms with van der Waals surface area (Å²) in [5, 5.41) is 9.11. The first-order valence-electron chi connectivity index (χ1n) is 4.87. The number of hydrogen-bond acceptors (Lipinski definition) is 1. The van der Waals surface area contributed by atoms with E-state index < -0.39 is 11.4 Å². The Labute approximate surface area is 83.6 Å². The van der Waals surface area contributed by atoms with Crippen LogP contribution in [0.2, 0.25) is 0 Å². The molecule has 1 aliphatic rings. The fourth-order valence-electron chi connectivity index (χ4n) is 2.35. The van der Waals surface area contributed by atoms with Crippen LogP contribution in [0.1, 0.15) is 25.3 Å². The quantitative estimate of drug-likeness (QED) is 0.778. The Bertz CT molecular complexity index is 358. The molecule has 0 amide bonds. The van der Waals surface area contributed by atoms with E-state index in [1.807, 2.05) is 44.2 Å². The summed E-state index contributed by atoms with van der Waals surface area (Å²) in [6.07, 6.45) is 0. The highest BCUT2D eigenvalue weighted by Crippen LogP contribution is 2.64. The molecule has 2 nitrogen and oxygen atoms in total. The van der Waals surface area contributed by atoms with Crippen LogP contribution in [0.5, 0.6) is 0 Å². The lowest BCUT2D eigenvalue weighted by atomic mass is 10.0. The molecule has 0 bridgehead atoms. The minimum Gasteiger partial charge on any atom is -0.481 e. The van der Waals surface area contributed by atoms with Gasteiger partial charge in [-0.05, 0) is 18.4 Å². The van der Waals surface area contributed by atoms with E-state index in [1.165, 1.54) is 0 Å². The van der Waals surface area contributed by atoms with Gasteiger partial charge in [-0.2, -0.15) is 0 Å². The van der Waals surface area contributed by atoms with Gasteiger partial charge in [-0.1, -0.05) is 37.3 Å². The number of carboxylic acids is 1. The highest BCUT2D eigenvalue weighted by Gasteiger charge is 2.64. The number of benzene rings is 1. The minimum absolute atomic E-state index is 0.182. The van der Waals surface area contributed by atoms with Crippen molar-refractivity contribution in [2.75, 3.05) is 0 Å². The third kappa shape index (κ3) is 1.07. The number of carbonyl (C=O) groups is 1. The van der Waals surface area contributed by atoms with E-state index in [4.69, 9.17) is 5.11 Å². The molecule has 0 aliphatic heterocycles. The maximum atomic E-state index is 11.1. The molecule has 0 heterocycles. The molecule has 0 aromatic heterocycles. The van der Waals surface area contributed by atoms with Crippen LogP contribution < -0.4 is 0 Å². The second kappa shape index (κ2) is 2.84. The summed E-state index contributed by atoms with van der Waals surface area (Å²) in [7, 11) is 0. The third-order valence-corrected chi connectivity index (χ3v) is 3.60. The molecule has 1 aromatic rings. The Kier molecular flexibility index (Phi) is 1.88. The SMILES string of the molecule is CC1C(c2ccccc2)C1(C)C(=O)O. The van der Waals surface area contributed by atoms with Crippen molar-refractivity contribution in [1.82, 2.24) is 0 Å². The van der Waals surface area contributed by atoms with Crippen LogP contribution in [-0.4, -0.2) is 11.1 Å². The molecular weight excluding hydrogens is 176 g/mol. The summed E-state index contributed by atoms with van der Waals surface area (Å²) in [6, 6.07) is 9.89. The fraction of sp³-hybridized carbons (Fsp3) is 0.417. The molecule has 2 rings (SSSR count). The zero-order valence-electron chi connectivity index (χ0n) is 8.40. The number of carboxylic acid groups (broad SMARTS) is 1. The van der Waals surface area contributed by atoms with E-state index >= 15 is 0 Å². The van der Waals surface area contributed by atoms with Crippen molar-refractivity contribution in [1.29, 1.82) is 0 Å². The highest BCUT2D eigenvalue weighted by molar-refractivity contribution is 5.80. The first-order chi connectivity index (χ1) is 6.58. The molecule has 1 saturated carbocycles. The molecule has 2 heteroatoms. The van der Waals surface area contributed by atoms with Crippen LogP contribution >= 0.6 is 0 Å². The molecule has 0 saturated heterocycles. The second-order valence-corrected chi connectivity index (χ2v) is 4.26. The van der Waals surface area contributed by atoms with Crippen LogP contribution in [-0.2, 0) is 4.79 Å². The van der Waals surface area contributed by atoms with Crippen molar-refractivity contribution >= 4 is 5.97 Å². The predicted octanol–water partition coefficient (Wildman–Crippen LogP) is 2.51. The third-order valence-electron chi connectivity index (χ3n) is 3.60. The van der Waals surface area contributed by atoms with Crippen LogP contribution in [0, 0.1) is 11.3 Å². The van der Waals surface area contributed by atoms with Crippen molar-refractivity contribution in [3.05, 3.63) is 35.9 Å². The van der Waals surface area contributed by atoms with Crippen molar-refractivity contribution < 1.29 is 9.90 Å². The van der Waals surface area contributed by atoms with Gasteiger partial charge in [-0.15, -0.1) is 0 Å². The molecule has 14 heavy (non-hydrogen) atoms. The Balaban J connectivity index is 2.29. The Morgan fingerprint density at radius 1 is 1.36 bits per heavy atom. The number of aliphatic carboxylic acids is 1. The van der Waals surface area contributed by atoms with E-state index in [2.05, 4.69) is 0 Å². The van der Waals surface area contributed by atoms with Gasteiger partial charge < -0.3 is 5.11 Å². The van der Waals surface area contributed by atoms with Crippen LogP contribution in [0.15, 0.2) is 30.3 Å². The zero-order valence-corrected chi connectivity index (χ0v) is 8.40. The first-order valence-corrected chi connectivity index (χ1v) is 4.87. The highest BCUT2D eigenvalue weighted by atomic mass is 16.4. The summed E-state index contributed by atoms with van der Waals surface area (Å²) < 4.78 is 0. The standard InChI is InChI=1S/C12H14O2/c1-8-10(12(8,2)11(13)14)9-6-4-3-5-7-9/h3-8,10H,1-2H3,(H,13,14). The van der Waals surface area contributed by atoms with Gasteiger partial charge in [0.1, 0.15) is 0 Å². The average Bonchev–Trinajstić information content (AvgIpc) is 2.73. The van der Waals surface area contributed by atoms with E-state index in [-0.39, 0.29) is 11.8 Å². The summed E-state index contributed by atoms with van der Waals surface area (Å²) in [6.45, 7) is 3.84. The van der Waals surface area contributed by atoms with Crippen molar-refractivity contribution in [3.63, 3.8) is 0 Å². The Morgan fingerprint density at radius 2 is 1.93 bits per heavy atom. The topological polar surface area (TPSA) is 37.3 Å². The molecule has 3 atom stereocenters. The molecule has 1 aliphatic carbocycles. The van der Waals surface area contributed by atoms with Crippen molar-refractivity contribution in [2.45, 2.75) is 19.8 Å². The zero-order chi connectivity index (χ0) is 10.3. The Hall–Kier alpha value is -1.31. The predicted molar refractivity (Wildman–Crippen MR) is 54.1 cm³/mol. The Morgan fingerprint density at radius 3 is 2.36 bits per heavy atom. The van der Waals surface area contributed by atoms with E-state index in [1.54, 1.807) is 0 Å². The molecular formula is C12H14O2. The maximum Gasteiger partial charge on any atom is 0.310 e. The van der Waals surface area contributed by atoms with Crippen LogP contribution in [0.3, 0.4) is 0 Å². The summed E-state index contributed by atoms with van der Waals surface area (Å²) in [4.78, 5) is 11.1. The molecule has 1 fully saturated rings. The molecule has 1 N–H and O–H groups in total. The summed E-state index contributed by atoms with van der Waals surface area (Å²) >= 11 is 0.